The van der Waals surface area contributed by atoms with Crippen LogP contribution in [0.25, 0.3) is 0 Å². The van der Waals surface area contributed by atoms with E-state index in [0.717, 1.165) is 47.0 Å². The molecular formula is C37H32N4O3S2. The lowest BCUT2D eigenvalue weighted by molar-refractivity contribution is -0.118. The van der Waals surface area contributed by atoms with Gasteiger partial charge in [0, 0.05) is 35.1 Å². The summed E-state index contributed by atoms with van der Waals surface area (Å²) >= 11 is 2.89. The molecule has 0 fully saturated rings. The topological polar surface area (TPSA) is 94.5 Å². The summed E-state index contributed by atoms with van der Waals surface area (Å²) in [6.07, 6.45) is 0.767. The maximum absolute atomic E-state index is 14.0. The van der Waals surface area contributed by atoms with E-state index < -0.39 is 5.25 Å². The van der Waals surface area contributed by atoms with Crippen molar-refractivity contribution in [2.45, 2.75) is 29.7 Å². The highest BCUT2D eigenvalue weighted by molar-refractivity contribution is 8.00. The molecule has 7 nitrogen and oxygen atoms in total. The Hall–Kier alpha value is -4.88. The summed E-state index contributed by atoms with van der Waals surface area (Å²) in [5.74, 6) is 0.129. The Bertz CT molecular complexity index is 1840. The Balaban J connectivity index is 1.16. The second-order valence-electron chi connectivity index (χ2n) is 10.8. The van der Waals surface area contributed by atoms with Gasteiger partial charge in [0.1, 0.15) is 22.1 Å². The Morgan fingerprint density at radius 1 is 0.913 bits per heavy atom. The minimum absolute atomic E-state index is 0.119. The Labute approximate surface area is 276 Å². The van der Waals surface area contributed by atoms with Crippen molar-refractivity contribution in [1.29, 1.82) is 5.26 Å². The summed E-state index contributed by atoms with van der Waals surface area (Å²) in [5, 5.41) is 16.1. The van der Waals surface area contributed by atoms with E-state index in [1.54, 1.807) is 18.2 Å². The second-order valence-corrected chi connectivity index (χ2v) is 13.1. The van der Waals surface area contributed by atoms with Gasteiger partial charge in [-0.2, -0.15) is 5.26 Å². The number of amides is 2. The molecule has 9 heteroatoms. The Morgan fingerprint density at radius 3 is 2.37 bits per heavy atom. The SMILES string of the molecule is N#Cc1c(NC(=O)C(Sc2cccc(NC(=O)COc3ccccc3)c2)c2ccccc2)sc2c1CCN(Cc1ccccc1)C2. The summed E-state index contributed by atoms with van der Waals surface area (Å²) in [6, 6.07) is 38.9. The normalized spacial score (nSPS) is 13.2. The highest BCUT2D eigenvalue weighted by atomic mass is 32.2. The van der Waals surface area contributed by atoms with Gasteiger partial charge in [0.2, 0.25) is 5.91 Å². The number of nitrogens with one attached hydrogen (secondary N) is 2. The Kier molecular flexibility index (Phi) is 10.1. The van der Waals surface area contributed by atoms with Crippen LogP contribution in [-0.2, 0) is 29.1 Å². The zero-order chi connectivity index (χ0) is 31.7. The third kappa shape index (κ3) is 7.85. The van der Waals surface area contributed by atoms with E-state index in [4.69, 9.17) is 4.74 Å². The van der Waals surface area contributed by atoms with E-state index in [1.165, 1.54) is 28.7 Å². The van der Waals surface area contributed by atoms with Gasteiger partial charge in [-0.05, 0) is 53.4 Å². The summed E-state index contributed by atoms with van der Waals surface area (Å²) in [4.78, 5) is 30.8. The lowest BCUT2D eigenvalue weighted by atomic mass is 10.0. The molecule has 1 aliphatic heterocycles. The molecule has 2 amide bonds. The maximum atomic E-state index is 14.0. The number of hydrogen-bond acceptors (Lipinski definition) is 7. The highest BCUT2D eigenvalue weighted by Crippen LogP contribution is 2.41. The van der Waals surface area contributed by atoms with Crippen LogP contribution in [0.3, 0.4) is 0 Å². The van der Waals surface area contributed by atoms with Crippen LogP contribution in [0.4, 0.5) is 10.7 Å². The van der Waals surface area contributed by atoms with Crippen molar-refractivity contribution < 1.29 is 14.3 Å². The lowest BCUT2D eigenvalue weighted by Gasteiger charge is -2.26. The molecule has 5 aromatic rings. The van der Waals surface area contributed by atoms with Crippen molar-refractivity contribution in [3.8, 4) is 11.8 Å². The van der Waals surface area contributed by atoms with Crippen LogP contribution in [0.5, 0.6) is 5.75 Å². The molecule has 0 radical (unpaired) electrons. The van der Waals surface area contributed by atoms with Gasteiger partial charge in [0.15, 0.2) is 6.61 Å². The van der Waals surface area contributed by atoms with E-state index in [1.807, 2.05) is 84.9 Å². The average Bonchev–Trinajstić information content (AvgIpc) is 3.43. The first kappa shape index (κ1) is 31.1. The van der Waals surface area contributed by atoms with Gasteiger partial charge in [0.05, 0.1) is 5.56 Å². The molecule has 0 aliphatic carbocycles. The van der Waals surface area contributed by atoms with E-state index in [9.17, 15) is 14.9 Å². The average molecular weight is 645 g/mol. The fourth-order valence-electron chi connectivity index (χ4n) is 5.36. The monoisotopic (exact) mass is 644 g/mol. The smallest absolute Gasteiger partial charge is 0.262 e. The molecule has 230 valence electrons. The molecule has 4 aromatic carbocycles. The van der Waals surface area contributed by atoms with E-state index in [-0.39, 0.29) is 18.4 Å². The van der Waals surface area contributed by atoms with Crippen LogP contribution in [0.15, 0.2) is 120 Å². The first-order chi connectivity index (χ1) is 22.6. The second kappa shape index (κ2) is 14.9. The predicted octanol–water partition coefficient (Wildman–Crippen LogP) is 7.67. The Morgan fingerprint density at radius 2 is 1.63 bits per heavy atom. The standard InChI is InChI=1S/C37H32N4O3S2/c38-22-32-31-19-20-41(23-26-11-4-1-5-12-26)24-33(31)46-37(32)40-36(43)35(27-13-6-2-7-14-27)45-30-18-10-15-28(21-30)39-34(42)25-44-29-16-8-3-9-17-29/h1-18,21,35H,19-20,23-25H2,(H,39,42)(H,40,43). The molecule has 0 spiro atoms. The minimum Gasteiger partial charge on any atom is -0.484 e. The number of benzene rings is 4. The quantitative estimate of drug-likeness (QED) is 0.143. The van der Waals surface area contributed by atoms with E-state index >= 15 is 0 Å². The van der Waals surface area contributed by atoms with Crippen molar-refractivity contribution in [2.75, 3.05) is 23.8 Å². The number of thiophene rings is 1. The summed E-state index contributed by atoms with van der Waals surface area (Å²) in [7, 11) is 0. The fraction of sp³-hybridized carbons (Fsp3) is 0.162. The largest absolute Gasteiger partial charge is 0.484 e. The lowest BCUT2D eigenvalue weighted by Crippen LogP contribution is -2.29. The number of thioether (sulfide) groups is 1. The number of nitriles is 1. The van der Waals surface area contributed by atoms with Crippen LogP contribution >= 0.6 is 23.1 Å². The molecule has 0 bridgehead atoms. The number of anilines is 2. The fourth-order valence-corrected chi connectivity index (χ4v) is 7.69. The third-order valence-corrected chi connectivity index (χ3v) is 9.94. The third-order valence-electron chi connectivity index (χ3n) is 7.56. The molecular weight excluding hydrogens is 613 g/mol. The molecule has 0 saturated heterocycles. The van der Waals surface area contributed by atoms with Gasteiger partial charge in [-0.1, -0.05) is 84.9 Å². The first-order valence-electron chi connectivity index (χ1n) is 15.0. The maximum Gasteiger partial charge on any atom is 0.262 e. The molecule has 1 aromatic heterocycles. The number of carbonyl (C=O) groups excluding carboxylic acids is 2. The summed E-state index contributed by atoms with van der Waals surface area (Å²) in [6.45, 7) is 2.32. The molecule has 2 N–H and O–H groups in total. The number of para-hydroxylation sites is 1. The van der Waals surface area contributed by atoms with Gasteiger partial charge in [-0.25, -0.2) is 0 Å². The van der Waals surface area contributed by atoms with Crippen LogP contribution in [-0.4, -0.2) is 29.9 Å². The molecule has 2 heterocycles. The molecule has 46 heavy (non-hydrogen) atoms. The van der Waals surface area contributed by atoms with Crippen LogP contribution in [0.1, 0.15) is 32.4 Å². The minimum atomic E-state index is -0.589. The number of hydrogen-bond donors (Lipinski definition) is 2. The van der Waals surface area contributed by atoms with Gasteiger partial charge >= 0.3 is 0 Å². The van der Waals surface area contributed by atoms with Crippen molar-refractivity contribution in [2.24, 2.45) is 0 Å². The van der Waals surface area contributed by atoms with Gasteiger partial charge in [-0.15, -0.1) is 23.1 Å². The first-order valence-corrected chi connectivity index (χ1v) is 16.7. The summed E-state index contributed by atoms with van der Waals surface area (Å²) in [5.41, 5.74) is 4.30. The van der Waals surface area contributed by atoms with Crippen LogP contribution in [0.2, 0.25) is 0 Å². The summed E-state index contributed by atoms with van der Waals surface area (Å²) < 4.78 is 5.57. The van der Waals surface area contributed by atoms with Gasteiger partial charge < -0.3 is 15.4 Å². The van der Waals surface area contributed by atoms with Gasteiger partial charge in [0.25, 0.3) is 5.91 Å². The zero-order valence-electron chi connectivity index (χ0n) is 25.0. The van der Waals surface area contributed by atoms with E-state index in [2.05, 4.69) is 33.7 Å². The van der Waals surface area contributed by atoms with Crippen molar-refractivity contribution in [3.63, 3.8) is 0 Å². The molecule has 1 aliphatic rings. The molecule has 6 rings (SSSR count). The van der Waals surface area contributed by atoms with Crippen LogP contribution < -0.4 is 15.4 Å². The zero-order valence-corrected chi connectivity index (χ0v) is 26.7. The van der Waals surface area contributed by atoms with E-state index in [0.29, 0.717) is 22.0 Å². The van der Waals surface area contributed by atoms with Crippen molar-refractivity contribution in [3.05, 3.63) is 142 Å². The van der Waals surface area contributed by atoms with Gasteiger partial charge in [-0.3, -0.25) is 14.5 Å². The number of carbonyl (C=O) groups is 2. The molecule has 1 unspecified atom stereocenters. The molecule has 0 saturated carbocycles. The number of nitrogens with zero attached hydrogens (tertiary/aromatic N) is 2. The number of rotatable bonds is 11. The predicted molar refractivity (Wildman–Crippen MR) is 184 cm³/mol. The molecule has 1 atom stereocenters. The number of fused-ring (bicyclic) bond motifs is 1. The van der Waals surface area contributed by atoms with Crippen molar-refractivity contribution >= 4 is 45.6 Å². The van der Waals surface area contributed by atoms with Crippen LogP contribution in [0, 0.1) is 11.3 Å². The highest BCUT2D eigenvalue weighted by Gasteiger charge is 2.28. The van der Waals surface area contributed by atoms with Crippen molar-refractivity contribution in [1.82, 2.24) is 4.90 Å². The number of ether oxygens (including phenoxy) is 1.